The molecule has 1 aliphatic carbocycles. The maximum Gasteiger partial charge on any atom is 0.235 e. The lowest BCUT2D eigenvalue weighted by Gasteiger charge is -2.49. The summed E-state index contributed by atoms with van der Waals surface area (Å²) in [4.78, 5) is 13.3. The Kier molecular flexibility index (Phi) is 7.19. The first-order valence-electron chi connectivity index (χ1n) is 20.9. The maximum atomic E-state index is 5.40. The SMILES string of the molecule is c1ccc(-c2cc(-c3ccccc3)nc(-n3c4ccccc4c4cc5c(cc43)N(c3ccccc3)c3ccccc3C53c4ccccc4-c4cccc5cccc3c45)n2)cc1. The van der Waals surface area contributed by atoms with E-state index in [0.717, 1.165) is 61.4 Å². The summed E-state index contributed by atoms with van der Waals surface area (Å²) in [5.74, 6) is 0.630. The molecule has 0 saturated carbocycles. The first-order valence-corrected chi connectivity index (χ1v) is 20.9. The zero-order chi connectivity index (χ0) is 40.1. The van der Waals surface area contributed by atoms with E-state index in [-0.39, 0.29) is 0 Å². The second-order valence-electron chi connectivity index (χ2n) is 16.1. The first-order chi connectivity index (χ1) is 30.3. The van der Waals surface area contributed by atoms with Crippen LogP contribution in [0.25, 0.3) is 72.2 Å². The molecule has 0 radical (unpaired) electrons. The van der Waals surface area contributed by atoms with Crippen molar-refractivity contribution in [3.8, 4) is 39.6 Å². The molecule has 4 nitrogen and oxygen atoms in total. The van der Waals surface area contributed by atoms with E-state index < -0.39 is 5.41 Å². The molecule has 4 heteroatoms. The lowest BCUT2D eigenvalue weighted by molar-refractivity contribution is 0.737. The molecule has 3 heterocycles. The summed E-state index contributed by atoms with van der Waals surface area (Å²) in [6.07, 6.45) is 0. The van der Waals surface area contributed by atoms with E-state index >= 15 is 0 Å². The number of nitrogens with zero attached hydrogens (tertiary/aromatic N) is 4. The normalized spacial score (nSPS) is 14.9. The van der Waals surface area contributed by atoms with Crippen LogP contribution in [0.1, 0.15) is 22.3 Å². The average Bonchev–Trinajstić information content (AvgIpc) is 3.66. The molecule has 0 amide bonds. The van der Waals surface area contributed by atoms with Crippen LogP contribution < -0.4 is 4.90 Å². The fraction of sp³-hybridized carbons (Fsp3) is 0.0175. The quantitative estimate of drug-likeness (QED) is 0.178. The predicted molar refractivity (Wildman–Crippen MR) is 250 cm³/mol. The summed E-state index contributed by atoms with van der Waals surface area (Å²) in [5, 5.41) is 4.85. The van der Waals surface area contributed by atoms with Crippen LogP contribution >= 0.6 is 0 Å². The van der Waals surface area contributed by atoms with Gasteiger partial charge in [0, 0.05) is 27.6 Å². The van der Waals surface area contributed by atoms with Gasteiger partial charge in [0.05, 0.1) is 39.2 Å². The van der Waals surface area contributed by atoms with E-state index in [0.29, 0.717) is 5.95 Å². The number of hydrogen-bond acceptors (Lipinski definition) is 3. The number of para-hydroxylation sites is 3. The van der Waals surface area contributed by atoms with E-state index in [1.807, 2.05) is 12.1 Å². The van der Waals surface area contributed by atoms with Crippen molar-refractivity contribution in [1.29, 1.82) is 0 Å². The van der Waals surface area contributed by atoms with E-state index in [1.54, 1.807) is 0 Å². The van der Waals surface area contributed by atoms with Crippen molar-refractivity contribution in [3.05, 3.63) is 241 Å². The molecule has 2 aliphatic rings. The molecule has 0 saturated heterocycles. The van der Waals surface area contributed by atoms with Crippen LogP contribution in [0.5, 0.6) is 0 Å². The monoisotopic (exact) mass is 776 g/mol. The molecule has 0 fully saturated rings. The van der Waals surface area contributed by atoms with E-state index in [4.69, 9.17) is 9.97 Å². The third-order valence-corrected chi connectivity index (χ3v) is 13.0. The van der Waals surface area contributed by atoms with E-state index in [1.165, 1.54) is 44.2 Å². The molecule has 13 rings (SSSR count). The van der Waals surface area contributed by atoms with Gasteiger partial charge in [-0.1, -0.05) is 176 Å². The third kappa shape index (κ3) is 4.76. The molecule has 1 atom stereocenters. The molecular weight excluding hydrogens is 741 g/mol. The van der Waals surface area contributed by atoms with Gasteiger partial charge in [-0.2, -0.15) is 0 Å². The topological polar surface area (TPSA) is 34.0 Å². The first kappa shape index (κ1) is 33.8. The van der Waals surface area contributed by atoms with Gasteiger partial charge in [0.15, 0.2) is 0 Å². The predicted octanol–water partition coefficient (Wildman–Crippen LogP) is 14.2. The summed E-state index contributed by atoms with van der Waals surface area (Å²) in [7, 11) is 0. The van der Waals surface area contributed by atoms with Crippen molar-refractivity contribution in [3.63, 3.8) is 0 Å². The average molecular weight is 777 g/mol. The Hall–Kier alpha value is -8.08. The van der Waals surface area contributed by atoms with Crippen LogP contribution in [0.2, 0.25) is 0 Å². The van der Waals surface area contributed by atoms with Gasteiger partial charge in [0.1, 0.15) is 0 Å². The number of aromatic nitrogens is 3. The number of anilines is 3. The van der Waals surface area contributed by atoms with Gasteiger partial charge in [-0.25, -0.2) is 9.97 Å². The zero-order valence-corrected chi connectivity index (χ0v) is 33.1. The Morgan fingerprint density at radius 2 is 0.967 bits per heavy atom. The highest BCUT2D eigenvalue weighted by atomic mass is 15.2. The molecule has 61 heavy (non-hydrogen) atoms. The van der Waals surface area contributed by atoms with E-state index in [9.17, 15) is 0 Å². The molecule has 1 unspecified atom stereocenters. The Morgan fingerprint density at radius 3 is 1.72 bits per heavy atom. The summed E-state index contributed by atoms with van der Waals surface area (Å²) in [6, 6.07) is 79.2. The highest BCUT2D eigenvalue weighted by Crippen LogP contribution is 2.63. The smallest absolute Gasteiger partial charge is 0.235 e. The minimum absolute atomic E-state index is 0.630. The summed E-state index contributed by atoms with van der Waals surface area (Å²) in [5.41, 5.74) is 16.3. The van der Waals surface area contributed by atoms with Crippen molar-refractivity contribution in [2.45, 2.75) is 5.41 Å². The molecule has 11 aromatic rings. The number of hydrogen-bond donors (Lipinski definition) is 0. The summed E-state index contributed by atoms with van der Waals surface area (Å²) >= 11 is 0. The molecule has 1 aliphatic heterocycles. The van der Waals surface area contributed by atoms with Gasteiger partial charge in [-0.05, 0) is 86.6 Å². The summed E-state index contributed by atoms with van der Waals surface area (Å²) < 4.78 is 2.28. The fourth-order valence-electron chi connectivity index (χ4n) is 10.5. The van der Waals surface area contributed by atoms with Crippen molar-refractivity contribution in [2.24, 2.45) is 0 Å². The lowest BCUT2D eigenvalue weighted by atomic mass is 9.57. The van der Waals surface area contributed by atoms with E-state index in [2.05, 4.69) is 216 Å². The highest BCUT2D eigenvalue weighted by molar-refractivity contribution is 6.13. The second-order valence-corrected chi connectivity index (χ2v) is 16.1. The largest absolute Gasteiger partial charge is 0.310 e. The van der Waals surface area contributed by atoms with Gasteiger partial charge >= 0.3 is 0 Å². The van der Waals surface area contributed by atoms with Crippen LogP contribution in [0.4, 0.5) is 17.1 Å². The molecule has 2 aromatic heterocycles. The van der Waals surface area contributed by atoms with Crippen molar-refractivity contribution in [2.75, 3.05) is 4.90 Å². The van der Waals surface area contributed by atoms with Crippen LogP contribution in [-0.4, -0.2) is 14.5 Å². The van der Waals surface area contributed by atoms with Crippen LogP contribution in [0.3, 0.4) is 0 Å². The van der Waals surface area contributed by atoms with Gasteiger partial charge < -0.3 is 4.90 Å². The van der Waals surface area contributed by atoms with Gasteiger partial charge in [0.25, 0.3) is 0 Å². The van der Waals surface area contributed by atoms with Crippen LogP contribution in [0, 0.1) is 0 Å². The minimum Gasteiger partial charge on any atom is -0.310 e. The van der Waals surface area contributed by atoms with Crippen molar-refractivity contribution in [1.82, 2.24) is 14.5 Å². The van der Waals surface area contributed by atoms with Crippen molar-refractivity contribution >= 4 is 49.6 Å². The number of benzene rings is 9. The number of rotatable bonds is 4. The second kappa shape index (κ2) is 13.0. The van der Waals surface area contributed by atoms with Gasteiger partial charge in [-0.15, -0.1) is 0 Å². The van der Waals surface area contributed by atoms with Crippen LogP contribution in [-0.2, 0) is 5.41 Å². The highest BCUT2D eigenvalue weighted by Gasteiger charge is 2.50. The van der Waals surface area contributed by atoms with Gasteiger partial charge in [-0.3, -0.25) is 4.57 Å². The molecule has 0 N–H and O–H groups in total. The summed E-state index contributed by atoms with van der Waals surface area (Å²) in [6.45, 7) is 0. The molecule has 0 bridgehead atoms. The fourth-order valence-corrected chi connectivity index (χ4v) is 10.5. The Labute approximate surface area is 353 Å². The molecule has 1 spiro atoms. The Bertz CT molecular complexity index is 3470. The number of fused-ring (bicyclic) bond motifs is 11. The van der Waals surface area contributed by atoms with Gasteiger partial charge in [0.2, 0.25) is 5.95 Å². The lowest BCUT2D eigenvalue weighted by Crippen LogP contribution is -2.39. The zero-order valence-electron chi connectivity index (χ0n) is 33.1. The maximum absolute atomic E-state index is 5.40. The molecular formula is C57H36N4. The minimum atomic E-state index is -0.636. The Morgan fingerprint density at radius 1 is 0.377 bits per heavy atom. The standard InChI is InChI=1S/C57H36N4/c1-4-18-37(19-5-1)49-35-50(38-20-6-2-7-21-38)59-56(58-49)61-51-32-14-11-27-42(51)44-34-48-54(36-53(44)61)60(40-24-8-3-9-25-40)52-33-15-13-30-46(52)57(48)45-29-12-10-26-41(45)43-28-16-22-39-23-17-31-47(57)55(39)43/h1-36H. The molecule has 284 valence electrons. The van der Waals surface area contributed by atoms with Crippen molar-refractivity contribution < 1.29 is 0 Å². The molecule has 9 aromatic carbocycles. The Balaban J connectivity index is 1.20. The van der Waals surface area contributed by atoms with Crippen LogP contribution in [0.15, 0.2) is 218 Å². The third-order valence-electron chi connectivity index (χ3n) is 13.0.